The van der Waals surface area contributed by atoms with Crippen molar-refractivity contribution in [3.05, 3.63) is 70.2 Å². The third kappa shape index (κ3) is 6.73. The number of nitrogens with zero attached hydrogens (tertiary/aromatic N) is 3. The molecule has 6 nitrogen and oxygen atoms in total. The molecule has 4 rings (SSSR count). The highest BCUT2D eigenvalue weighted by Gasteiger charge is 2.40. The lowest BCUT2D eigenvalue weighted by molar-refractivity contribution is -0.141. The lowest BCUT2D eigenvalue weighted by Crippen LogP contribution is -2.36. The Kier molecular flexibility index (Phi) is 9.07. The van der Waals surface area contributed by atoms with Gasteiger partial charge in [-0.3, -0.25) is 9.69 Å². The van der Waals surface area contributed by atoms with Crippen molar-refractivity contribution in [1.29, 1.82) is 0 Å². The van der Waals surface area contributed by atoms with E-state index in [1.54, 1.807) is 13.0 Å². The number of alkyl halides is 3. The number of nitrogens with one attached hydrogen (secondary N) is 1. The molecule has 3 aromatic rings. The SMILES string of the molecule is CCN(CC)Cc1cccc(-c2nc(C(F)(F)F)c(C(=O)NC(C)c3cccc(N4CCOCC4)c3)s2)c1. The van der Waals surface area contributed by atoms with Crippen LogP contribution in [0.25, 0.3) is 10.6 Å². The van der Waals surface area contributed by atoms with Gasteiger partial charge in [-0.15, -0.1) is 11.3 Å². The number of carbonyl (C=O) groups is 1. The quantitative estimate of drug-likeness (QED) is 0.357. The summed E-state index contributed by atoms with van der Waals surface area (Å²) < 4.78 is 47.2. The van der Waals surface area contributed by atoms with Crippen LogP contribution < -0.4 is 10.2 Å². The van der Waals surface area contributed by atoms with E-state index in [1.807, 2.05) is 42.5 Å². The Labute approximate surface area is 225 Å². The summed E-state index contributed by atoms with van der Waals surface area (Å²) in [6.45, 7) is 11.1. The fraction of sp³-hybridized carbons (Fsp3) is 0.429. The number of amides is 1. The van der Waals surface area contributed by atoms with Crippen LogP contribution in [-0.2, 0) is 17.5 Å². The van der Waals surface area contributed by atoms with E-state index in [4.69, 9.17) is 4.74 Å². The second-order valence-corrected chi connectivity index (χ2v) is 10.2. The molecule has 1 N–H and O–H groups in total. The Balaban J connectivity index is 1.56. The van der Waals surface area contributed by atoms with Crippen LogP contribution in [0, 0.1) is 0 Å². The Bertz CT molecular complexity index is 1240. The largest absolute Gasteiger partial charge is 0.435 e. The van der Waals surface area contributed by atoms with Gasteiger partial charge in [-0.1, -0.05) is 44.2 Å². The lowest BCUT2D eigenvalue weighted by atomic mass is 10.1. The van der Waals surface area contributed by atoms with Gasteiger partial charge in [0.15, 0.2) is 5.69 Å². The molecule has 2 heterocycles. The van der Waals surface area contributed by atoms with Crippen LogP contribution in [0.2, 0.25) is 0 Å². The smallest absolute Gasteiger partial charge is 0.378 e. The van der Waals surface area contributed by atoms with E-state index in [0.717, 1.165) is 54.3 Å². The maximum absolute atomic E-state index is 13.9. The maximum Gasteiger partial charge on any atom is 0.435 e. The van der Waals surface area contributed by atoms with Crippen LogP contribution in [0.4, 0.5) is 18.9 Å². The van der Waals surface area contributed by atoms with E-state index in [0.29, 0.717) is 25.3 Å². The predicted octanol–water partition coefficient (Wildman–Crippen LogP) is 6.00. The first kappa shape index (κ1) is 28.1. The van der Waals surface area contributed by atoms with Gasteiger partial charge in [-0.05, 0) is 49.3 Å². The summed E-state index contributed by atoms with van der Waals surface area (Å²) in [7, 11) is 0. The van der Waals surface area contributed by atoms with Gasteiger partial charge in [0.1, 0.15) is 9.88 Å². The third-order valence-corrected chi connectivity index (χ3v) is 7.77. The van der Waals surface area contributed by atoms with E-state index in [9.17, 15) is 18.0 Å². The highest BCUT2D eigenvalue weighted by molar-refractivity contribution is 7.17. The molecular weight excluding hydrogens is 513 g/mol. The molecule has 0 bridgehead atoms. The molecule has 10 heteroatoms. The molecule has 0 radical (unpaired) electrons. The number of rotatable bonds is 9. The average molecular weight is 547 g/mol. The number of benzene rings is 2. The Morgan fingerprint density at radius 3 is 2.53 bits per heavy atom. The molecule has 204 valence electrons. The normalized spacial score (nSPS) is 15.1. The first-order valence-corrected chi connectivity index (χ1v) is 13.6. The molecule has 1 atom stereocenters. The molecule has 1 aliphatic heterocycles. The van der Waals surface area contributed by atoms with Gasteiger partial charge in [-0.2, -0.15) is 13.2 Å². The summed E-state index contributed by atoms with van der Waals surface area (Å²) in [6.07, 6.45) is -4.75. The molecule has 1 unspecified atom stereocenters. The number of aromatic nitrogens is 1. The zero-order valence-corrected chi connectivity index (χ0v) is 22.7. The summed E-state index contributed by atoms with van der Waals surface area (Å²) in [4.78, 5) is 21.0. The minimum Gasteiger partial charge on any atom is -0.378 e. The standard InChI is InChI=1S/C28H33F3N4O2S/c1-4-34(5-2)18-20-8-6-10-22(16-20)27-33-25(28(29,30)31)24(38-27)26(36)32-19(3)21-9-7-11-23(17-21)35-12-14-37-15-13-35/h6-11,16-17,19H,4-5,12-15,18H2,1-3H3,(H,32,36). The highest BCUT2D eigenvalue weighted by Crippen LogP contribution is 2.38. The van der Waals surface area contributed by atoms with Crippen molar-refractivity contribution in [2.45, 2.75) is 39.5 Å². The molecule has 2 aromatic carbocycles. The highest BCUT2D eigenvalue weighted by atomic mass is 32.1. The number of ether oxygens (including phenoxy) is 1. The zero-order chi connectivity index (χ0) is 27.3. The monoisotopic (exact) mass is 546 g/mol. The molecular formula is C28H33F3N4O2S. The average Bonchev–Trinajstić information content (AvgIpc) is 3.39. The van der Waals surface area contributed by atoms with Crippen molar-refractivity contribution < 1.29 is 22.7 Å². The number of hydrogen-bond acceptors (Lipinski definition) is 6. The maximum atomic E-state index is 13.9. The molecule has 1 saturated heterocycles. The van der Waals surface area contributed by atoms with Gasteiger partial charge < -0.3 is 15.0 Å². The second-order valence-electron chi connectivity index (χ2n) is 9.25. The van der Waals surface area contributed by atoms with Crippen molar-refractivity contribution in [2.75, 3.05) is 44.3 Å². The van der Waals surface area contributed by atoms with Crippen LogP contribution >= 0.6 is 11.3 Å². The number of carbonyl (C=O) groups excluding carboxylic acids is 1. The fourth-order valence-electron chi connectivity index (χ4n) is 4.46. The summed E-state index contributed by atoms with van der Waals surface area (Å²) in [6, 6.07) is 14.5. The van der Waals surface area contributed by atoms with Crippen molar-refractivity contribution in [3.63, 3.8) is 0 Å². The minimum atomic E-state index is -4.75. The van der Waals surface area contributed by atoms with Crippen LogP contribution in [0.15, 0.2) is 48.5 Å². The number of halogens is 3. The fourth-order valence-corrected chi connectivity index (χ4v) is 5.44. The number of hydrogen-bond donors (Lipinski definition) is 1. The minimum absolute atomic E-state index is 0.172. The lowest BCUT2D eigenvalue weighted by Gasteiger charge is -2.29. The van der Waals surface area contributed by atoms with Crippen LogP contribution in [0.1, 0.15) is 53.3 Å². The summed E-state index contributed by atoms with van der Waals surface area (Å²) >= 11 is 0.771. The van der Waals surface area contributed by atoms with Crippen molar-refractivity contribution >= 4 is 22.9 Å². The van der Waals surface area contributed by atoms with Gasteiger partial charge in [0.05, 0.1) is 19.3 Å². The van der Waals surface area contributed by atoms with Crippen LogP contribution in [0.5, 0.6) is 0 Å². The van der Waals surface area contributed by atoms with E-state index in [1.165, 1.54) is 0 Å². The predicted molar refractivity (Wildman–Crippen MR) is 145 cm³/mol. The van der Waals surface area contributed by atoms with Gasteiger partial charge >= 0.3 is 6.18 Å². The summed E-state index contributed by atoms with van der Waals surface area (Å²) in [5, 5.41) is 2.93. The summed E-state index contributed by atoms with van der Waals surface area (Å²) in [5.74, 6) is -0.787. The molecule has 1 fully saturated rings. The van der Waals surface area contributed by atoms with Gasteiger partial charge in [0.2, 0.25) is 0 Å². The van der Waals surface area contributed by atoms with Gasteiger partial charge in [0, 0.05) is 30.9 Å². The number of anilines is 1. The van der Waals surface area contributed by atoms with Gasteiger partial charge in [0.25, 0.3) is 5.91 Å². The Morgan fingerprint density at radius 1 is 1.13 bits per heavy atom. The van der Waals surface area contributed by atoms with E-state index in [2.05, 4.69) is 33.9 Å². The topological polar surface area (TPSA) is 57.7 Å². The first-order valence-electron chi connectivity index (χ1n) is 12.8. The summed E-state index contributed by atoms with van der Waals surface area (Å²) in [5.41, 5.74) is 2.20. The molecule has 1 amide bonds. The number of morpholine rings is 1. The molecule has 1 aromatic heterocycles. The van der Waals surface area contributed by atoms with Crippen LogP contribution in [0.3, 0.4) is 0 Å². The first-order chi connectivity index (χ1) is 18.2. The molecule has 38 heavy (non-hydrogen) atoms. The zero-order valence-electron chi connectivity index (χ0n) is 21.8. The molecule has 0 spiro atoms. The molecule has 1 aliphatic rings. The van der Waals surface area contributed by atoms with Crippen molar-refractivity contribution in [1.82, 2.24) is 15.2 Å². The van der Waals surface area contributed by atoms with E-state index >= 15 is 0 Å². The van der Waals surface area contributed by atoms with E-state index in [-0.39, 0.29) is 5.01 Å². The van der Waals surface area contributed by atoms with E-state index < -0.39 is 28.7 Å². The second kappa shape index (κ2) is 12.3. The molecule has 0 aliphatic carbocycles. The van der Waals surface area contributed by atoms with Crippen LogP contribution in [-0.4, -0.2) is 55.2 Å². The van der Waals surface area contributed by atoms with Crippen molar-refractivity contribution in [3.8, 4) is 10.6 Å². The Morgan fingerprint density at radius 2 is 1.84 bits per heavy atom. The third-order valence-electron chi connectivity index (χ3n) is 6.67. The Hall–Kier alpha value is -2.95. The molecule has 0 saturated carbocycles. The number of thiazole rings is 1. The van der Waals surface area contributed by atoms with Gasteiger partial charge in [-0.25, -0.2) is 4.98 Å². The van der Waals surface area contributed by atoms with Crippen molar-refractivity contribution in [2.24, 2.45) is 0 Å².